The molecule has 3 N–H and O–H groups in total. The Labute approximate surface area is 190 Å². The molecule has 13 heteroatoms. The SMILES string of the molecule is CCCCn1c(N)c(N(CC(C)C)C(=O)c2cc([N+](=O)[O-])cc(S(C)(=O)=O)c2)c(=O)[nH]c1=O. The van der Waals surface area contributed by atoms with Gasteiger partial charge in [-0.3, -0.25) is 29.3 Å². The first-order chi connectivity index (χ1) is 15.3. The molecule has 0 unspecified atom stereocenters. The van der Waals surface area contributed by atoms with Gasteiger partial charge in [0.25, 0.3) is 17.2 Å². The molecule has 0 saturated carbocycles. The lowest BCUT2D eigenvalue weighted by Gasteiger charge is -2.26. The van der Waals surface area contributed by atoms with Crippen molar-refractivity contribution in [3.05, 3.63) is 54.7 Å². The second-order valence-corrected chi connectivity index (χ2v) is 10.1. The average molecular weight is 482 g/mol. The number of nitrogen functional groups attached to an aromatic ring is 1. The van der Waals surface area contributed by atoms with Crippen molar-refractivity contribution in [3.8, 4) is 0 Å². The van der Waals surface area contributed by atoms with Gasteiger partial charge in [0.1, 0.15) is 5.82 Å². The van der Waals surface area contributed by atoms with E-state index in [4.69, 9.17) is 5.73 Å². The van der Waals surface area contributed by atoms with Crippen LogP contribution in [-0.4, -0.2) is 41.6 Å². The molecule has 0 fully saturated rings. The first kappa shape index (κ1) is 25.8. The number of H-pyrrole nitrogens is 1. The highest BCUT2D eigenvalue weighted by Crippen LogP contribution is 2.25. The van der Waals surface area contributed by atoms with Crippen molar-refractivity contribution in [2.45, 2.75) is 45.1 Å². The van der Waals surface area contributed by atoms with Crippen molar-refractivity contribution in [3.63, 3.8) is 0 Å². The molecule has 0 aliphatic carbocycles. The zero-order valence-corrected chi connectivity index (χ0v) is 19.6. The molecular formula is C20H27N5O7S. The fourth-order valence-corrected chi connectivity index (χ4v) is 3.88. The van der Waals surface area contributed by atoms with E-state index in [2.05, 4.69) is 4.98 Å². The van der Waals surface area contributed by atoms with Crippen LogP contribution in [0.4, 0.5) is 17.2 Å². The predicted molar refractivity (Wildman–Crippen MR) is 123 cm³/mol. The van der Waals surface area contributed by atoms with E-state index in [1.54, 1.807) is 13.8 Å². The van der Waals surface area contributed by atoms with Gasteiger partial charge in [0, 0.05) is 37.0 Å². The highest BCUT2D eigenvalue weighted by molar-refractivity contribution is 7.90. The number of benzene rings is 1. The van der Waals surface area contributed by atoms with Crippen LogP contribution in [0.25, 0.3) is 0 Å². The number of carbonyl (C=O) groups excluding carboxylic acids is 1. The molecular weight excluding hydrogens is 454 g/mol. The van der Waals surface area contributed by atoms with Crippen molar-refractivity contribution < 1.29 is 18.1 Å². The highest BCUT2D eigenvalue weighted by Gasteiger charge is 2.28. The van der Waals surface area contributed by atoms with Gasteiger partial charge in [-0.25, -0.2) is 13.2 Å². The fourth-order valence-electron chi connectivity index (χ4n) is 3.20. The number of hydrogen-bond acceptors (Lipinski definition) is 8. The van der Waals surface area contributed by atoms with E-state index in [0.29, 0.717) is 6.42 Å². The number of hydrogen-bond donors (Lipinski definition) is 2. The van der Waals surface area contributed by atoms with Crippen LogP contribution in [-0.2, 0) is 16.4 Å². The third-order valence-corrected chi connectivity index (χ3v) is 5.88. The zero-order valence-electron chi connectivity index (χ0n) is 18.8. The summed E-state index contributed by atoms with van der Waals surface area (Å²) in [5.74, 6) is -1.26. The van der Waals surface area contributed by atoms with Crippen LogP contribution in [0.2, 0.25) is 0 Å². The lowest BCUT2D eigenvalue weighted by atomic mass is 10.1. The molecule has 1 aromatic heterocycles. The third kappa shape index (κ3) is 5.86. The molecule has 2 rings (SSSR count). The predicted octanol–water partition coefficient (Wildman–Crippen LogP) is 1.53. The molecule has 0 saturated heterocycles. The molecule has 0 spiro atoms. The molecule has 1 heterocycles. The molecule has 0 bridgehead atoms. The largest absolute Gasteiger partial charge is 0.383 e. The molecule has 12 nitrogen and oxygen atoms in total. The minimum Gasteiger partial charge on any atom is -0.383 e. The molecule has 1 amide bonds. The minimum absolute atomic E-state index is 0.0189. The van der Waals surface area contributed by atoms with Crippen LogP contribution in [0.5, 0.6) is 0 Å². The summed E-state index contributed by atoms with van der Waals surface area (Å²) >= 11 is 0. The zero-order chi connectivity index (χ0) is 25.1. The molecule has 0 aliphatic heterocycles. The van der Waals surface area contributed by atoms with Crippen LogP contribution in [0, 0.1) is 16.0 Å². The summed E-state index contributed by atoms with van der Waals surface area (Å²) in [5.41, 5.74) is 3.34. The monoisotopic (exact) mass is 481 g/mol. The van der Waals surface area contributed by atoms with Crippen LogP contribution in [0.15, 0.2) is 32.7 Å². The summed E-state index contributed by atoms with van der Waals surface area (Å²) in [6.45, 7) is 5.64. The van der Waals surface area contributed by atoms with E-state index in [0.717, 1.165) is 40.3 Å². The second kappa shape index (κ2) is 9.98. The summed E-state index contributed by atoms with van der Waals surface area (Å²) in [7, 11) is -3.88. The van der Waals surface area contributed by atoms with Gasteiger partial charge in [0.2, 0.25) is 0 Å². The van der Waals surface area contributed by atoms with Gasteiger partial charge in [0.05, 0.1) is 9.82 Å². The van der Waals surface area contributed by atoms with Crippen LogP contribution >= 0.6 is 0 Å². The number of rotatable bonds is 9. The highest BCUT2D eigenvalue weighted by atomic mass is 32.2. The van der Waals surface area contributed by atoms with Crippen molar-refractivity contribution >= 4 is 32.9 Å². The number of nitro groups is 1. The molecule has 0 aliphatic rings. The number of nitrogens with zero attached hydrogens (tertiary/aromatic N) is 3. The summed E-state index contributed by atoms with van der Waals surface area (Å²) in [6.07, 6.45) is 2.20. The number of sulfone groups is 1. The number of anilines is 2. The van der Waals surface area contributed by atoms with Gasteiger partial charge in [-0.1, -0.05) is 27.2 Å². The smallest absolute Gasteiger partial charge is 0.330 e. The first-order valence-corrected chi connectivity index (χ1v) is 12.1. The maximum Gasteiger partial charge on any atom is 0.330 e. The van der Waals surface area contributed by atoms with Gasteiger partial charge in [0.15, 0.2) is 15.5 Å². The standard InChI is InChI=1S/C20H27N5O7S/c1-5-6-7-23-17(21)16(18(26)22-20(23)28)24(11-12(2)3)19(27)13-8-14(25(29)30)10-15(9-13)33(4,31)32/h8-10,12H,5-7,11,21H2,1-4H3,(H,22,26,28). The molecule has 1 aromatic carbocycles. The normalized spacial score (nSPS) is 11.5. The Bertz CT molecular complexity index is 1290. The van der Waals surface area contributed by atoms with Gasteiger partial charge < -0.3 is 10.6 Å². The Morgan fingerprint density at radius 3 is 2.42 bits per heavy atom. The van der Waals surface area contributed by atoms with Gasteiger partial charge >= 0.3 is 5.69 Å². The Kier molecular flexibility index (Phi) is 7.80. The average Bonchev–Trinajstić information content (AvgIpc) is 2.70. The van der Waals surface area contributed by atoms with Gasteiger partial charge in [-0.15, -0.1) is 0 Å². The Balaban J connectivity index is 2.77. The number of amides is 1. The number of nitrogens with two attached hydrogens (primary N) is 1. The minimum atomic E-state index is -3.88. The molecule has 33 heavy (non-hydrogen) atoms. The molecule has 0 atom stereocenters. The number of aromatic amines is 1. The van der Waals surface area contributed by atoms with Crippen molar-refractivity contribution in [1.82, 2.24) is 9.55 Å². The molecule has 0 radical (unpaired) electrons. The van der Waals surface area contributed by atoms with E-state index in [-0.39, 0.29) is 36.1 Å². The Morgan fingerprint density at radius 2 is 1.91 bits per heavy atom. The first-order valence-electron chi connectivity index (χ1n) is 10.2. The van der Waals surface area contributed by atoms with Crippen molar-refractivity contribution in [1.29, 1.82) is 0 Å². The van der Waals surface area contributed by atoms with Gasteiger partial charge in [-0.05, 0) is 18.4 Å². The summed E-state index contributed by atoms with van der Waals surface area (Å²) < 4.78 is 25.2. The summed E-state index contributed by atoms with van der Waals surface area (Å²) in [6, 6.07) is 2.79. The number of non-ortho nitro benzene ring substituents is 1. The van der Waals surface area contributed by atoms with Crippen LogP contribution < -0.4 is 21.9 Å². The summed E-state index contributed by atoms with van der Waals surface area (Å²) in [5, 5.41) is 11.3. The van der Waals surface area contributed by atoms with E-state index in [1.165, 1.54) is 0 Å². The third-order valence-electron chi connectivity index (χ3n) is 4.79. The number of nitrogens with one attached hydrogen (secondary N) is 1. The fraction of sp³-hybridized carbons (Fsp3) is 0.450. The van der Waals surface area contributed by atoms with Crippen molar-refractivity contribution in [2.75, 3.05) is 23.4 Å². The van der Waals surface area contributed by atoms with Crippen LogP contribution in [0.1, 0.15) is 44.0 Å². The lowest BCUT2D eigenvalue weighted by Crippen LogP contribution is -2.42. The topological polar surface area (TPSA) is 178 Å². The van der Waals surface area contributed by atoms with E-state index < -0.39 is 42.5 Å². The maximum absolute atomic E-state index is 13.5. The number of carbonyl (C=O) groups is 1. The van der Waals surface area contributed by atoms with E-state index >= 15 is 0 Å². The number of aromatic nitrogens is 2. The second-order valence-electron chi connectivity index (χ2n) is 8.05. The van der Waals surface area contributed by atoms with Crippen LogP contribution in [0.3, 0.4) is 0 Å². The number of unbranched alkanes of at least 4 members (excludes halogenated alkanes) is 1. The molecule has 2 aromatic rings. The quantitative estimate of drug-likeness (QED) is 0.400. The molecule has 180 valence electrons. The Morgan fingerprint density at radius 1 is 1.27 bits per heavy atom. The van der Waals surface area contributed by atoms with Crippen molar-refractivity contribution in [2.24, 2.45) is 5.92 Å². The summed E-state index contributed by atoms with van der Waals surface area (Å²) in [4.78, 5) is 51.7. The number of nitro benzene ring substituents is 1. The van der Waals surface area contributed by atoms with E-state index in [1.807, 2.05) is 6.92 Å². The lowest BCUT2D eigenvalue weighted by molar-refractivity contribution is -0.385. The Hall–Kier alpha value is -3.48. The van der Waals surface area contributed by atoms with Gasteiger partial charge in [-0.2, -0.15) is 0 Å². The maximum atomic E-state index is 13.5. The van der Waals surface area contributed by atoms with E-state index in [9.17, 15) is 32.9 Å².